The van der Waals surface area contributed by atoms with Crippen molar-refractivity contribution in [3.63, 3.8) is 0 Å². The average Bonchev–Trinajstić information content (AvgIpc) is 2.83. The summed E-state index contributed by atoms with van der Waals surface area (Å²) < 4.78 is 10.9. The van der Waals surface area contributed by atoms with Gasteiger partial charge in [-0.05, 0) is 6.92 Å². The van der Waals surface area contributed by atoms with E-state index < -0.39 is 5.60 Å². The Kier molecular flexibility index (Phi) is 3.70. The maximum atomic E-state index is 12.2. The third kappa shape index (κ3) is 2.62. The Hall–Kier alpha value is -1.47. The van der Waals surface area contributed by atoms with E-state index in [1.807, 2.05) is 6.92 Å². The quantitative estimate of drug-likeness (QED) is 0.791. The molecule has 0 radical (unpaired) electrons. The second-order valence-corrected chi connectivity index (χ2v) is 3.85. The van der Waals surface area contributed by atoms with Crippen molar-refractivity contribution in [2.75, 3.05) is 25.1 Å². The molecule has 1 aliphatic rings. The smallest absolute Gasteiger partial charge is 0.258 e. The first kappa shape index (κ1) is 12.0. The van der Waals surface area contributed by atoms with Crippen molar-refractivity contribution in [2.24, 2.45) is 0 Å². The molecule has 0 atom stereocenters. The Labute approximate surface area is 98.9 Å². The van der Waals surface area contributed by atoms with Crippen molar-refractivity contribution >= 4 is 11.7 Å². The summed E-state index contributed by atoms with van der Waals surface area (Å²) in [5, 5.41) is 12.6. The number of amides is 1. The largest absolute Gasteiger partial charge is 0.381 e. The van der Waals surface area contributed by atoms with E-state index in [1.165, 1.54) is 6.20 Å². The minimum atomic E-state index is -0.800. The van der Waals surface area contributed by atoms with E-state index in [9.17, 15) is 4.79 Å². The van der Waals surface area contributed by atoms with Gasteiger partial charge in [0.2, 0.25) is 0 Å². The van der Waals surface area contributed by atoms with Crippen LogP contribution < -0.4 is 5.32 Å². The highest BCUT2D eigenvalue weighted by molar-refractivity contribution is 5.96. The van der Waals surface area contributed by atoms with Gasteiger partial charge in [-0.2, -0.15) is 10.3 Å². The zero-order valence-corrected chi connectivity index (χ0v) is 9.73. The highest BCUT2D eigenvalue weighted by Gasteiger charge is 2.41. The third-order valence-corrected chi connectivity index (χ3v) is 2.79. The van der Waals surface area contributed by atoms with Crippen molar-refractivity contribution in [1.82, 2.24) is 15.4 Å². The summed E-state index contributed by atoms with van der Waals surface area (Å²) in [4.78, 5) is 12.2. The van der Waals surface area contributed by atoms with Crippen molar-refractivity contribution in [2.45, 2.75) is 25.4 Å². The van der Waals surface area contributed by atoms with Gasteiger partial charge in [0.25, 0.3) is 5.91 Å². The van der Waals surface area contributed by atoms with Crippen LogP contribution in [-0.4, -0.2) is 46.7 Å². The highest BCUT2D eigenvalue weighted by atomic mass is 16.5. The van der Waals surface area contributed by atoms with E-state index in [0.29, 0.717) is 38.5 Å². The lowest BCUT2D eigenvalue weighted by Gasteiger charge is -2.34. The number of rotatable bonds is 4. The first-order valence-electron chi connectivity index (χ1n) is 5.66. The Morgan fingerprint density at radius 2 is 2.41 bits per heavy atom. The molecule has 7 heteroatoms. The van der Waals surface area contributed by atoms with Gasteiger partial charge in [-0.3, -0.25) is 4.79 Å². The SMILES string of the molecule is CCOC1(C(=O)Nc2cn[nH]n2)CCOCC1. The Morgan fingerprint density at radius 1 is 1.65 bits per heavy atom. The lowest BCUT2D eigenvalue weighted by Crippen LogP contribution is -2.49. The second kappa shape index (κ2) is 5.24. The molecule has 2 N–H and O–H groups in total. The van der Waals surface area contributed by atoms with E-state index in [1.54, 1.807) is 0 Å². The molecular weight excluding hydrogens is 224 g/mol. The fourth-order valence-electron chi connectivity index (χ4n) is 1.91. The minimum Gasteiger partial charge on any atom is -0.381 e. The topological polar surface area (TPSA) is 89.1 Å². The molecule has 17 heavy (non-hydrogen) atoms. The fraction of sp³-hybridized carbons (Fsp3) is 0.700. The van der Waals surface area contributed by atoms with E-state index in [0.717, 1.165) is 0 Å². The molecule has 0 aliphatic carbocycles. The number of H-pyrrole nitrogens is 1. The molecule has 1 amide bonds. The van der Waals surface area contributed by atoms with Crippen molar-refractivity contribution in [3.05, 3.63) is 6.20 Å². The molecule has 0 aromatic carbocycles. The van der Waals surface area contributed by atoms with E-state index in [4.69, 9.17) is 9.47 Å². The van der Waals surface area contributed by atoms with Crippen molar-refractivity contribution < 1.29 is 14.3 Å². The summed E-state index contributed by atoms with van der Waals surface area (Å²) in [6.07, 6.45) is 2.58. The van der Waals surface area contributed by atoms with Crippen LogP contribution >= 0.6 is 0 Å². The summed E-state index contributed by atoms with van der Waals surface area (Å²) in [5.41, 5.74) is -0.800. The lowest BCUT2D eigenvalue weighted by atomic mass is 9.93. The maximum absolute atomic E-state index is 12.2. The Morgan fingerprint density at radius 3 is 3.00 bits per heavy atom. The van der Waals surface area contributed by atoms with Gasteiger partial charge in [0.15, 0.2) is 11.4 Å². The van der Waals surface area contributed by atoms with E-state index in [2.05, 4.69) is 20.7 Å². The molecule has 0 unspecified atom stereocenters. The van der Waals surface area contributed by atoms with Gasteiger partial charge >= 0.3 is 0 Å². The summed E-state index contributed by atoms with van der Waals surface area (Å²) in [6.45, 7) is 3.44. The number of anilines is 1. The fourth-order valence-corrected chi connectivity index (χ4v) is 1.91. The number of nitrogens with one attached hydrogen (secondary N) is 2. The van der Waals surface area contributed by atoms with Gasteiger partial charge in [0, 0.05) is 32.7 Å². The van der Waals surface area contributed by atoms with Gasteiger partial charge in [-0.1, -0.05) is 0 Å². The number of nitrogens with zero attached hydrogens (tertiary/aromatic N) is 2. The third-order valence-electron chi connectivity index (χ3n) is 2.79. The molecule has 1 saturated heterocycles. The lowest BCUT2D eigenvalue weighted by molar-refractivity contribution is -0.154. The molecule has 0 spiro atoms. The first-order chi connectivity index (χ1) is 8.27. The van der Waals surface area contributed by atoms with E-state index >= 15 is 0 Å². The maximum Gasteiger partial charge on any atom is 0.258 e. The number of carbonyl (C=O) groups is 1. The van der Waals surface area contributed by atoms with Gasteiger partial charge in [0.05, 0.1) is 6.20 Å². The Balaban J connectivity index is 2.06. The molecule has 1 aliphatic heterocycles. The molecule has 1 aromatic rings. The number of carbonyl (C=O) groups excluding carboxylic acids is 1. The van der Waals surface area contributed by atoms with Crippen LogP contribution in [0.25, 0.3) is 0 Å². The second-order valence-electron chi connectivity index (χ2n) is 3.85. The van der Waals surface area contributed by atoms with Gasteiger partial charge in [-0.25, -0.2) is 0 Å². The predicted molar refractivity (Wildman–Crippen MR) is 59.4 cm³/mol. The Bertz CT molecular complexity index is 354. The standard InChI is InChI=1S/C10H16N4O3/c1-2-17-10(3-5-16-6-4-10)9(15)12-8-7-11-14-13-8/h7H,2-6H2,1H3,(H2,11,12,13,14,15). The van der Waals surface area contributed by atoms with Crippen LogP contribution in [0.5, 0.6) is 0 Å². The van der Waals surface area contributed by atoms with Crippen LogP contribution in [0.2, 0.25) is 0 Å². The zero-order chi connectivity index (χ0) is 12.1. The molecule has 7 nitrogen and oxygen atoms in total. The molecule has 0 bridgehead atoms. The van der Waals surface area contributed by atoms with Gasteiger partial charge in [0.1, 0.15) is 0 Å². The van der Waals surface area contributed by atoms with Crippen molar-refractivity contribution in [1.29, 1.82) is 0 Å². The minimum absolute atomic E-state index is 0.184. The summed E-state index contributed by atoms with van der Waals surface area (Å²) >= 11 is 0. The summed E-state index contributed by atoms with van der Waals surface area (Å²) in [7, 11) is 0. The normalized spacial score (nSPS) is 18.9. The van der Waals surface area contributed by atoms with Gasteiger partial charge in [-0.15, -0.1) is 5.10 Å². The molecule has 94 valence electrons. The van der Waals surface area contributed by atoms with Crippen LogP contribution in [0.4, 0.5) is 5.82 Å². The monoisotopic (exact) mass is 240 g/mol. The molecule has 0 saturated carbocycles. The molecule has 2 rings (SSSR count). The van der Waals surface area contributed by atoms with Crippen LogP contribution in [0.1, 0.15) is 19.8 Å². The molecule has 2 heterocycles. The number of hydrogen-bond acceptors (Lipinski definition) is 5. The van der Waals surface area contributed by atoms with Crippen LogP contribution in [0, 0.1) is 0 Å². The van der Waals surface area contributed by atoms with Crippen LogP contribution in [-0.2, 0) is 14.3 Å². The zero-order valence-electron chi connectivity index (χ0n) is 9.73. The number of hydrogen-bond donors (Lipinski definition) is 2. The first-order valence-corrected chi connectivity index (χ1v) is 5.66. The number of aromatic nitrogens is 3. The van der Waals surface area contributed by atoms with Crippen LogP contribution in [0.15, 0.2) is 6.20 Å². The highest BCUT2D eigenvalue weighted by Crippen LogP contribution is 2.26. The number of ether oxygens (including phenoxy) is 2. The molecule has 1 fully saturated rings. The average molecular weight is 240 g/mol. The van der Waals surface area contributed by atoms with Gasteiger partial charge < -0.3 is 14.8 Å². The summed E-state index contributed by atoms with van der Waals surface area (Å²) in [6, 6.07) is 0. The predicted octanol–water partition coefficient (Wildman–Crippen LogP) is 0.329. The number of aromatic amines is 1. The summed E-state index contributed by atoms with van der Waals surface area (Å²) in [5.74, 6) is 0.220. The van der Waals surface area contributed by atoms with Crippen LogP contribution in [0.3, 0.4) is 0 Å². The molecule has 1 aromatic heterocycles. The van der Waals surface area contributed by atoms with E-state index in [-0.39, 0.29) is 5.91 Å². The van der Waals surface area contributed by atoms with Crippen molar-refractivity contribution in [3.8, 4) is 0 Å². The molecular formula is C10H16N4O3.